The number of amides is 3. The minimum atomic E-state index is -0.692. The van der Waals surface area contributed by atoms with Crippen LogP contribution in [-0.2, 0) is 9.59 Å². The van der Waals surface area contributed by atoms with Crippen molar-refractivity contribution < 1.29 is 23.5 Å². The predicted molar refractivity (Wildman–Crippen MR) is 127 cm³/mol. The predicted octanol–water partition coefficient (Wildman–Crippen LogP) is 2.08. The van der Waals surface area contributed by atoms with Gasteiger partial charge >= 0.3 is 0 Å². The number of carbonyl (C=O) groups excluding carboxylic acids is 3. The van der Waals surface area contributed by atoms with Crippen molar-refractivity contribution in [2.24, 2.45) is 11.3 Å². The fourth-order valence-corrected chi connectivity index (χ4v) is 4.99. The molecule has 1 saturated heterocycles. The van der Waals surface area contributed by atoms with Gasteiger partial charge in [-0.25, -0.2) is 4.39 Å². The van der Waals surface area contributed by atoms with Gasteiger partial charge in [-0.05, 0) is 62.8 Å². The molecule has 1 aliphatic carbocycles. The molecule has 188 valence electrons. The molecule has 3 N–H and O–H groups in total. The molecule has 0 spiro atoms. The fourth-order valence-electron chi connectivity index (χ4n) is 4.99. The zero-order valence-electron chi connectivity index (χ0n) is 20.9. The highest BCUT2D eigenvalue weighted by atomic mass is 19.1. The van der Waals surface area contributed by atoms with Crippen molar-refractivity contribution in [3.63, 3.8) is 0 Å². The van der Waals surface area contributed by atoms with E-state index in [1.165, 1.54) is 19.2 Å². The molecule has 5 atom stereocenters. The second kappa shape index (κ2) is 10.3. The summed E-state index contributed by atoms with van der Waals surface area (Å²) in [5.74, 6) is -0.980. The number of likely N-dealkylation sites (tertiary alicyclic amines) is 1. The van der Waals surface area contributed by atoms with Crippen molar-refractivity contribution in [2.45, 2.75) is 71.1 Å². The summed E-state index contributed by atoms with van der Waals surface area (Å²) >= 11 is 0. The van der Waals surface area contributed by atoms with E-state index in [1.807, 2.05) is 25.7 Å². The Morgan fingerprint density at radius 1 is 1.18 bits per heavy atom. The topological polar surface area (TPSA) is 99.8 Å². The zero-order valence-corrected chi connectivity index (χ0v) is 20.9. The molecule has 3 amide bonds. The van der Waals surface area contributed by atoms with Crippen molar-refractivity contribution in [2.75, 3.05) is 20.7 Å². The van der Waals surface area contributed by atoms with Crippen molar-refractivity contribution in [1.82, 2.24) is 20.9 Å². The molecule has 9 heteroatoms. The molecule has 2 fully saturated rings. The number of nitrogens with one attached hydrogen (secondary N) is 3. The summed E-state index contributed by atoms with van der Waals surface area (Å²) in [6.45, 7) is 8.12. The number of ether oxygens (including phenoxy) is 1. The smallest absolute Gasteiger partial charge is 0.251 e. The Hall–Kier alpha value is -2.68. The molecule has 0 aromatic heterocycles. The van der Waals surface area contributed by atoms with Gasteiger partial charge in [0.2, 0.25) is 11.8 Å². The third-order valence-electron chi connectivity index (χ3n) is 7.08. The first-order valence-corrected chi connectivity index (χ1v) is 11.9. The average Bonchev–Trinajstić information content (AvgIpc) is 3.38. The second-order valence-corrected chi connectivity index (χ2v) is 10.4. The van der Waals surface area contributed by atoms with Crippen LogP contribution in [0.25, 0.3) is 0 Å². The molecule has 34 heavy (non-hydrogen) atoms. The summed E-state index contributed by atoms with van der Waals surface area (Å²) in [4.78, 5) is 41.0. The van der Waals surface area contributed by atoms with Gasteiger partial charge in [0.15, 0.2) is 11.6 Å². The van der Waals surface area contributed by atoms with Crippen LogP contribution in [0.3, 0.4) is 0 Å². The molecule has 0 radical (unpaired) electrons. The van der Waals surface area contributed by atoms with Crippen molar-refractivity contribution in [3.05, 3.63) is 29.6 Å². The lowest BCUT2D eigenvalue weighted by molar-refractivity contribution is -0.141. The number of halogens is 1. The van der Waals surface area contributed by atoms with E-state index in [9.17, 15) is 18.8 Å². The van der Waals surface area contributed by atoms with Crippen molar-refractivity contribution in [1.29, 1.82) is 0 Å². The molecule has 1 aliphatic heterocycles. The summed E-state index contributed by atoms with van der Waals surface area (Å²) < 4.78 is 19.0. The molecule has 1 aromatic rings. The van der Waals surface area contributed by atoms with Crippen LogP contribution < -0.4 is 20.7 Å². The van der Waals surface area contributed by atoms with Gasteiger partial charge in [0, 0.05) is 18.2 Å². The summed E-state index contributed by atoms with van der Waals surface area (Å²) in [6.07, 6.45) is 2.50. The highest BCUT2D eigenvalue weighted by molar-refractivity contribution is 5.95. The zero-order chi connectivity index (χ0) is 25.2. The molecule has 3 rings (SSSR count). The van der Waals surface area contributed by atoms with Crippen LogP contribution in [0.1, 0.15) is 57.3 Å². The maximum Gasteiger partial charge on any atom is 0.251 e. The fraction of sp³-hybridized carbons (Fsp3) is 0.640. The first kappa shape index (κ1) is 25.9. The summed E-state index contributed by atoms with van der Waals surface area (Å²) in [5, 5.41) is 8.86. The van der Waals surface area contributed by atoms with Gasteiger partial charge in [-0.2, -0.15) is 0 Å². The highest BCUT2D eigenvalue weighted by Crippen LogP contribution is 2.39. The number of methoxy groups -OCH3 is 1. The molecule has 0 bridgehead atoms. The average molecular weight is 477 g/mol. The molecule has 8 nitrogen and oxygen atoms in total. The van der Waals surface area contributed by atoms with Gasteiger partial charge in [-0.15, -0.1) is 0 Å². The Morgan fingerprint density at radius 2 is 1.88 bits per heavy atom. The minimum Gasteiger partial charge on any atom is -0.494 e. The number of rotatable bonds is 7. The lowest BCUT2D eigenvalue weighted by atomic mass is 9.85. The van der Waals surface area contributed by atoms with Crippen LogP contribution >= 0.6 is 0 Å². The van der Waals surface area contributed by atoms with E-state index in [4.69, 9.17) is 4.74 Å². The number of likely N-dealkylation sites (N-methyl/N-ethyl adjacent to an activating group) is 1. The summed E-state index contributed by atoms with van der Waals surface area (Å²) in [6, 6.07) is 2.61. The molecule has 2 aliphatic rings. The Morgan fingerprint density at radius 3 is 2.47 bits per heavy atom. The number of nitrogens with zero attached hydrogens (tertiary/aromatic N) is 1. The Labute approximate surface area is 201 Å². The van der Waals surface area contributed by atoms with Crippen LogP contribution in [0.5, 0.6) is 5.75 Å². The van der Waals surface area contributed by atoms with E-state index in [2.05, 4.69) is 16.0 Å². The minimum absolute atomic E-state index is 0.0768. The number of carbonyl (C=O) groups is 3. The Bertz CT molecular complexity index is 932. The van der Waals surface area contributed by atoms with Gasteiger partial charge in [0.1, 0.15) is 6.04 Å². The Balaban J connectivity index is 1.77. The number of hydrogen-bond acceptors (Lipinski definition) is 5. The van der Waals surface area contributed by atoms with Gasteiger partial charge in [0.25, 0.3) is 5.91 Å². The SMILES string of the molecule is CN[C@@H](C)C(=O)N[C@H](C(=O)N1CC[C@H]2CC[C@H](NC(=O)c3ccc(OC)c(F)c3)[C@H]21)C(C)(C)C. The highest BCUT2D eigenvalue weighted by Gasteiger charge is 2.49. The van der Waals surface area contributed by atoms with Crippen molar-refractivity contribution >= 4 is 17.7 Å². The third-order valence-corrected chi connectivity index (χ3v) is 7.08. The quantitative estimate of drug-likeness (QED) is 0.560. The normalized spacial score (nSPS) is 23.7. The van der Waals surface area contributed by atoms with Crippen LogP contribution in [0.2, 0.25) is 0 Å². The van der Waals surface area contributed by atoms with E-state index in [0.717, 1.165) is 25.3 Å². The lowest BCUT2D eigenvalue weighted by Gasteiger charge is -2.37. The molecule has 1 heterocycles. The molecule has 1 saturated carbocycles. The molecule has 1 aromatic carbocycles. The summed E-state index contributed by atoms with van der Waals surface area (Å²) in [7, 11) is 3.07. The van der Waals surface area contributed by atoms with Crippen LogP contribution in [0.15, 0.2) is 18.2 Å². The number of benzene rings is 1. The maximum atomic E-state index is 14.1. The standard InChI is InChI=1S/C25H37FN4O4/c1-14(27-5)22(31)29-21(25(2,3)4)24(33)30-12-11-15-7-9-18(20(15)30)28-23(32)16-8-10-19(34-6)17(26)13-16/h8,10,13-15,18,20-21,27H,7,9,11-12H2,1-6H3,(H,28,32)(H,29,31)/t14-,15+,18-,20-,21+/m0/s1. The van der Waals surface area contributed by atoms with Crippen LogP contribution in [0, 0.1) is 17.2 Å². The lowest BCUT2D eigenvalue weighted by Crippen LogP contribution is -2.60. The number of fused-ring (bicyclic) bond motifs is 1. The van der Waals surface area contributed by atoms with Crippen LogP contribution in [0.4, 0.5) is 4.39 Å². The first-order valence-electron chi connectivity index (χ1n) is 11.9. The van der Waals surface area contributed by atoms with E-state index in [0.29, 0.717) is 6.54 Å². The van der Waals surface area contributed by atoms with E-state index in [1.54, 1.807) is 14.0 Å². The molecular weight excluding hydrogens is 439 g/mol. The number of hydrogen-bond donors (Lipinski definition) is 3. The monoisotopic (exact) mass is 476 g/mol. The van der Waals surface area contributed by atoms with E-state index in [-0.39, 0.29) is 47.0 Å². The van der Waals surface area contributed by atoms with Gasteiger partial charge in [-0.1, -0.05) is 20.8 Å². The largest absolute Gasteiger partial charge is 0.494 e. The van der Waals surface area contributed by atoms with E-state index < -0.39 is 23.3 Å². The first-order chi connectivity index (χ1) is 16.0. The van der Waals surface area contributed by atoms with Gasteiger partial charge < -0.3 is 25.6 Å². The third kappa shape index (κ3) is 5.35. The summed E-state index contributed by atoms with van der Waals surface area (Å²) in [5.41, 5.74) is -0.283. The maximum absolute atomic E-state index is 14.1. The van der Waals surface area contributed by atoms with Gasteiger partial charge in [0.05, 0.1) is 19.2 Å². The van der Waals surface area contributed by atoms with E-state index >= 15 is 0 Å². The molecular formula is C25H37FN4O4. The second-order valence-electron chi connectivity index (χ2n) is 10.4. The van der Waals surface area contributed by atoms with Crippen LogP contribution in [-0.4, -0.2) is 67.5 Å². The van der Waals surface area contributed by atoms with Crippen molar-refractivity contribution in [3.8, 4) is 5.75 Å². The Kier molecular flexibility index (Phi) is 7.85. The van der Waals surface area contributed by atoms with Gasteiger partial charge in [-0.3, -0.25) is 14.4 Å². The molecule has 0 unspecified atom stereocenters.